The largest absolute Gasteiger partial charge is 0.462 e. The second-order valence-corrected chi connectivity index (χ2v) is 10.4. The molecule has 1 heterocycles. The average molecular weight is 540 g/mol. The van der Waals surface area contributed by atoms with Crippen LogP contribution in [-0.2, 0) is 33.8 Å². The van der Waals surface area contributed by atoms with E-state index in [2.05, 4.69) is 24.0 Å². The molecule has 0 aliphatic heterocycles. The zero-order chi connectivity index (χ0) is 27.7. The Balaban J connectivity index is 1.10. The van der Waals surface area contributed by atoms with Crippen molar-refractivity contribution in [2.45, 2.75) is 71.4 Å². The lowest BCUT2D eigenvalue weighted by atomic mass is 9.94. The lowest BCUT2D eigenvalue weighted by molar-refractivity contribution is -0.0564. The van der Waals surface area contributed by atoms with Crippen molar-refractivity contribution >= 4 is 5.97 Å². The van der Waals surface area contributed by atoms with E-state index in [9.17, 15) is 4.79 Å². The summed E-state index contributed by atoms with van der Waals surface area (Å²) in [6.45, 7) is 5.11. The highest BCUT2D eigenvalue weighted by Crippen LogP contribution is 2.27. The zero-order valence-electron chi connectivity index (χ0n) is 23.3. The first kappa shape index (κ1) is 27.8. The number of hydrogen-bond donors (Lipinski definition) is 0. The van der Waals surface area contributed by atoms with Crippen molar-refractivity contribution < 1.29 is 23.4 Å². The van der Waals surface area contributed by atoms with Crippen LogP contribution in [0.15, 0.2) is 83.3 Å². The molecule has 1 aliphatic carbocycles. The molecule has 6 nitrogen and oxygen atoms in total. The first-order chi connectivity index (χ1) is 19.5. The molecule has 1 fully saturated rings. The Kier molecular flexibility index (Phi) is 9.42. The summed E-state index contributed by atoms with van der Waals surface area (Å²) in [7, 11) is 0. The van der Waals surface area contributed by atoms with Gasteiger partial charge in [-0.05, 0) is 68.9 Å². The summed E-state index contributed by atoms with van der Waals surface area (Å²) in [6, 6.07) is 25.7. The van der Waals surface area contributed by atoms with Crippen LogP contribution in [0.1, 0.15) is 64.2 Å². The molecule has 0 N–H and O–H groups in total. The smallest absolute Gasteiger partial charge is 0.338 e. The van der Waals surface area contributed by atoms with Crippen LogP contribution in [0.3, 0.4) is 0 Å². The van der Waals surface area contributed by atoms with Crippen molar-refractivity contribution in [1.29, 1.82) is 0 Å². The first-order valence-corrected chi connectivity index (χ1v) is 14.1. The highest BCUT2D eigenvalue weighted by Gasteiger charge is 2.25. The minimum Gasteiger partial charge on any atom is -0.462 e. The van der Waals surface area contributed by atoms with E-state index in [-0.39, 0.29) is 18.2 Å². The Morgan fingerprint density at radius 1 is 0.875 bits per heavy atom. The van der Waals surface area contributed by atoms with E-state index in [1.54, 1.807) is 6.07 Å². The molecule has 3 aromatic carbocycles. The number of aromatic nitrogens is 1. The van der Waals surface area contributed by atoms with Crippen LogP contribution in [-0.4, -0.2) is 29.8 Å². The number of hydrogen-bond acceptors (Lipinski definition) is 6. The predicted octanol–water partition coefficient (Wildman–Crippen LogP) is 7.40. The Morgan fingerprint density at radius 2 is 1.57 bits per heavy atom. The maximum atomic E-state index is 12.8. The third kappa shape index (κ3) is 7.46. The highest BCUT2D eigenvalue weighted by atomic mass is 16.5. The van der Waals surface area contributed by atoms with Crippen molar-refractivity contribution in [1.82, 2.24) is 4.98 Å². The number of rotatable bonds is 11. The van der Waals surface area contributed by atoms with Crippen molar-refractivity contribution in [3.63, 3.8) is 0 Å². The maximum absolute atomic E-state index is 12.8. The van der Waals surface area contributed by atoms with Crippen molar-refractivity contribution in [2.75, 3.05) is 6.61 Å². The van der Waals surface area contributed by atoms with Gasteiger partial charge in [-0.1, -0.05) is 66.2 Å². The van der Waals surface area contributed by atoms with E-state index in [0.29, 0.717) is 37.7 Å². The fourth-order valence-corrected chi connectivity index (χ4v) is 5.02. The molecule has 5 rings (SSSR count). The number of carbonyl (C=O) groups is 1. The van der Waals surface area contributed by atoms with Crippen molar-refractivity contribution in [2.24, 2.45) is 0 Å². The summed E-state index contributed by atoms with van der Waals surface area (Å²) in [6.07, 6.45) is 4.67. The van der Waals surface area contributed by atoms with Crippen molar-refractivity contribution in [3.8, 4) is 11.5 Å². The van der Waals surface area contributed by atoms with Crippen LogP contribution in [0.4, 0.5) is 0 Å². The second kappa shape index (κ2) is 13.6. The van der Waals surface area contributed by atoms with E-state index in [4.69, 9.17) is 18.6 Å². The molecule has 4 aromatic rings. The molecular weight excluding hydrogens is 502 g/mol. The van der Waals surface area contributed by atoms with E-state index in [0.717, 1.165) is 53.8 Å². The average Bonchev–Trinajstić information content (AvgIpc) is 3.36. The summed E-state index contributed by atoms with van der Waals surface area (Å²) in [5.74, 6) is 1.10. The van der Waals surface area contributed by atoms with Crippen LogP contribution < -0.4 is 0 Å². The second-order valence-electron chi connectivity index (χ2n) is 10.4. The third-order valence-corrected chi connectivity index (χ3v) is 7.40. The molecule has 208 valence electrons. The quantitative estimate of drug-likeness (QED) is 0.185. The van der Waals surface area contributed by atoms with Crippen LogP contribution >= 0.6 is 0 Å². The molecule has 1 aliphatic rings. The van der Waals surface area contributed by atoms with Gasteiger partial charge >= 0.3 is 5.97 Å². The van der Waals surface area contributed by atoms with Gasteiger partial charge in [0.15, 0.2) is 0 Å². The van der Waals surface area contributed by atoms with Crippen LogP contribution in [0, 0.1) is 13.8 Å². The summed E-state index contributed by atoms with van der Waals surface area (Å²) >= 11 is 0. The maximum Gasteiger partial charge on any atom is 0.338 e. The van der Waals surface area contributed by atoms with Crippen LogP contribution in [0.25, 0.3) is 11.5 Å². The monoisotopic (exact) mass is 539 g/mol. The number of aryl methyl sites for hydroxylation is 2. The molecule has 0 amide bonds. The van der Waals surface area contributed by atoms with Gasteiger partial charge in [-0.15, -0.1) is 0 Å². The molecule has 1 aromatic heterocycles. The van der Waals surface area contributed by atoms with E-state index < -0.39 is 0 Å². The molecule has 2 atom stereocenters. The van der Waals surface area contributed by atoms with Gasteiger partial charge in [0.05, 0.1) is 37.6 Å². The minimum absolute atomic E-state index is 0.0717. The normalized spacial score (nSPS) is 17.1. The van der Waals surface area contributed by atoms with Gasteiger partial charge in [0.25, 0.3) is 0 Å². The number of carbonyl (C=O) groups excluding carboxylic acids is 1. The minimum atomic E-state index is -0.312. The SMILES string of the molecule is Cc1ccc(-c2nc(CO[C@H]3CCC[C@@H](OCc4ccccc4C(=O)OCCc4ccccc4)C3)c(C)o2)cc1. The topological polar surface area (TPSA) is 70.8 Å². The lowest BCUT2D eigenvalue weighted by Crippen LogP contribution is -2.28. The predicted molar refractivity (Wildman–Crippen MR) is 154 cm³/mol. The van der Waals surface area contributed by atoms with Gasteiger partial charge in [0, 0.05) is 12.0 Å². The molecule has 0 saturated heterocycles. The lowest BCUT2D eigenvalue weighted by Gasteiger charge is -2.29. The van der Waals surface area contributed by atoms with Gasteiger partial charge in [0.1, 0.15) is 11.5 Å². The van der Waals surface area contributed by atoms with Gasteiger partial charge in [0.2, 0.25) is 5.89 Å². The Bertz CT molecular complexity index is 1380. The Morgan fingerprint density at radius 3 is 2.35 bits per heavy atom. The van der Waals surface area contributed by atoms with Crippen molar-refractivity contribution in [3.05, 3.63) is 113 Å². The van der Waals surface area contributed by atoms with E-state index >= 15 is 0 Å². The van der Waals surface area contributed by atoms with Gasteiger partial charge in [-0.25, -0.2) is 9.78 Å². The molecule has 0 bridgehead atoms. The Hall–Kier alpha value is -3.74. The van der Waals surface area contributed by atoms with Gasteiger partial charge in [-0.3, -0.25) is 0 Å². The molecule has 0 spiro atoms. The number of esters is 1. The zero-order valence-corrected chi connectivity index (χ0v) is 23.3. The molecule has 1 saturated carbocycles. The molecule has 6 heteroatoms. The number of nitrogens with zero attached hydrogens (tertiary/aromatic N) is 1. The van der Waals surface area contributed by atoms with Crippen LogP contribution in [0.2, 0.25) is 0 Å². The number of ether oxygens (including phenoxy) is 3. The fourth-order valence-electron chi connectivity index (χ4n) is 5.02. The first-order valence-electron chi connectivity index (χ1n) is 14.1. The third-order valence-electron chi connectivity index (χ3n) is 7.40. The van der Waals surface area contributed by atoms with Crippen LogP contribution in [0.5, 0.6) is 0 Å². The van der Waals surface area contributed by atoms with E-state index in [1.165, 1.54) is 5.56 Å². The molecule has 0 radical (unpaired) electrons. The number of oxazole rings is 1. The summed E-state index contributed by atoms with van der Waals surface area (Å²) in [5, 5.41) is 0. The Labute approximate surface area is 236 Å². The molecule has 40 heavy (non-hydrogen) atoms. The number of benzene rings is 3. The summed E-state index contributed by atoms with van der Waals surface area (Å²) < 4.78 is 24.0. The standard InChI is InChI=1S/C34H37NO5/c1-24-15-17-27(18-16-24)33-35-32(25(2)40-33)23-39-30-13-8-12-29(21-30)38-22-28-11-6-7-14-31(28)34(36)37-20-19-26-9-4-3-5-10-26/h3-7,9-11,14-18,29-30H,8,12-13,19-23H2,1-2H3/t29-,30+/m1/s1. The van der Waals surface area contributed by atoms with E-state index in [1.807, 2.05) is 67.6 Å². The van der Waals surface area contributed by atoms with Gasteiger partial charge < -0.3 is 18.6 Å². The molecular formula is C34H37NO5. The summed E-state index contributed by atoms with van der Waals surface area (Å²) in [5.41, 5.74) is 5.55. The fraction of sp³-hybridized carbons (Fsp3) is 0.353. The van der Waals surface area contributed by atoms with Gasteiger partial charge in [-0.2, -0.15) is 0 Å². The highest BCUT2D eigenvalue weighted by molar-refractivity contribution is 5.91. The summed E-state index contributed by atoms with van der Waals surface area (Å²) in [4.78, 5) is 17.5. The molecule has 0 unspecified atom stereocenters.